The Balaban J connectivity index is 1.61. The first-order chi connectivity index (χ1) is 10.6. The van der Waals surface area contributed by atoms with E-state index in [0.717, 1.165) is 11.3 Å². The number of ether oxygens (including phenoxy) is 1. The molecule has 0 fully saturated rings. The first kappa shape index (κ1) is 16.7. The Hall–Kier alpha value is -1.71. The minimum absolute atomic E-state index is 0.00894. The number of carbonyl (C=O) groups excluding carboxylic acids is 1. The average Bonchev–Trinajstić information content (AvgIpc) is 2.53. The Morgan fingerprint density at radius 1 is 0.955 bits per heavy atom. The van der Waals surface area contributed by atoms with Crippen LogP contribution < -0.4 is 10.1 Å². The second-order valence-corrected chi connectivity index (χ2v) is 5.68. The maximum absolute atomic E-state index is 11.7. The molecule has 116 valence electrons. The summed E-state index contributed by atoms with van der Waals surface area (Å²) in [4.78, 5) is 11.7. The monoisotopic (exact) mass is 337 g/mol. The van der Waals surface area contributed by atoms with Crippen LogP contribution in [0.5, 0.6) is 5.75 Å². The highest BCUT2D eigenvalue weighted by Gasteiger charge is 2.02. The summed E-state index contributed by atoms with van der Waals surface area (Å²) in [6, 6.07) is 14.6. The number of rotatable bonds is 7. The summed E-state index contributed by atoms with van der Waals surface area (Å²) in [7, 11) is 0. The Bertz CT molecular complexity index is 597. The average molecular weight is 338 g/mol. The van der Waals surface area contributed by atoms with Crippen molar-refractivity contribution >= 4 is 29.1 Å². The van der Waals surface area contributed by atoms with Gasteiger partial charge in [-0.05, 0) is 48.4 Å². The molecule has 0 unspecified atom stereocenters. The van der Waals surface area contributed by atoms with Gasteiger partial charge in [-0.1, -0.05) is 35.3 Å². The van der Waals surface area contributed by atoms with Gasteiger partial charge in [-0.3, -0.25) is 4.79 Å². The summed E-state index contributed by atoms with van der Waals surface area (Å²) in [5, 5.41) is 4.23. The molecule has 0 heterocycles. The van der Waals surface area contributed by atoms with Gasteiger partial charge >= 0.3 is 0 Å². The second kappa shape index (κ2) is 8.66. The molecule has 2 aromatic rings. The van der Waals surface area contributed by atoms with E-state index in [4.69, 9.17) is 27.9 Å². The molecule has 0 aromatic heterocycles. The van der Waals surface area contributed by atoms with Crippen molar-refractivity contribution < 1.29 is 9.53 Å². The van der Waals surface area contributed by atoms with E-state index in [0.29, 0.717) is 36.0 Å². The van der Waals surface area contributed by atoms with Crippen molar-refractivity contribution in [3.8, 4) is 5.75 Å². The molecule has 3 nitrogen and oxygen atoms in total. The Labute approximate surface area is 140 Å². The molecule has 0 saturated heterocycles. The molecule has 0 atom stereocenters. The molecule has 1 N–H and O–H groups in total. The number of carbonyl (C=O) groups is 1. The SMILES string of the molecule is O=C(CCCOc1ccc(Cl)cc1)NCc1ccc(Cl)cc1. The predicted octanol–water partition coefficient (Wildman–Crippen LogP) is 4.47. The number of nitrogens with one attached hydrogen (secondary N) is 1. The standard InChI is InChI=1S/C17H17Cl2NO2/c18-14-5-3-13(4-6-14)12-20-17(21)2-1-11-22-16-9-7-15(19)8-10-16/h3-10H,1-2,11-12H2,(H,20,21). The molecule has 0 bridgehead atoms. The van der Waals surface area contributed by atoms with Crippen LogP contribution in [0.1, 0.15) is 18.4 Å². The number of benzene rings is 2. The third kappa shape index (κ3) is 5.96. The van der Waals surface area contributed by atoms with Crippen molar-refractivity contribution in [3.63, 3.8) is 0 Å². The van der Waals surface area contributed by atoms with Crippen LogP contribution in [0.25, 0.3) is 0 Å². The minimum atomic E-state index is 0.00894. The number of halogens is 2. The van der Waals surface area contributed by atoms with Gasteiger partial charge in [-0.15, -0.1) is 0 Å². The number of hydrogen-bond acceptors (Lipinski definition) is 2. The Morgan fingerprint density at radius 2 is 1.55 bits per heavy atom. The van der Waals surface area contributed by atoms with E-state index < -0.39 is 0 Å². The highest BCUT2D eigenvalue weighted by atomic mass is 35.5. The van der Waals surface area contributed by atoms with Gasteiger partial charge in [-0.2, -0.15) is 0 Å². The lowest BCUT2D eigenvalue weighted by Gasteiger charge is -2.07. The second-order valence-electron chi connectivity index (χ2n) is 4.81. The molecule has 0 aliphatic rings. The highest BCUT2D eigenvalue weighted by Crippen LogP contribution is 2.15. The van der Waals surface area contributed by atoms with Crippen molar-refractivity contribution in [2.24, 2.45) is 0 Å². The summed E-state index contributed by atoms with van der Waals surface area (Å²) in [5.41, 5.74) is 1.02. The van der Waals surface area contributed by atoms with E-state index in [9.17, 15) is 4.79 Å². The quantitative estimate of drug-likeness (QED) is 0.757. The molecule has 0 aliphatic carbocycles. The fraction of sp³-hybridized carbons (Fsp3) is 0.235. The van der Waals surface area contributed by atoms with Gasteiger partial charge in [0.2, 0.25) is 5.91 Å². The lowest BCUT2D eigenvalue weighted by Crippen LogP contribution is -2.22. The van der Waals surface area contributed by atoms with E-state index in [1.54, 1.807) is 12.1 Å². The van der Waals surface area contributed by atoms with Gasteiger partial charge in [0.05, 0.1) is 6.61 Å². The van der Waals surface area contributed by atoms with Crippen LogP contribution in [-0.2, 0) is 11.3 Å². The molecule has 0 saturated carbocycles. The maximum Gasteiger partial charge on any atom is 0.220 e. The molecular weight excluding hydrogens is 321 g/mol. The third-order valence-electron chi connectivity index (χ3n) is 3.03. The predicted molar refractivity (Wildman–Crippen MR) is 89.5 cm³/mol. The lowest BCUT2D eigenvalue weighted by molar-refractivity contribution is -0.121. The van der Waals surface area contributed by atoms with E-state index in [-0.39, 0.29) is 5.91 Å². The van der Waals surface area contributed by atoms with Crippen LogP contribution in [0.15, 0.2) is 48.5 Å². The molecule has 1 amide bonds. The molecule has 5 heteroatoms. The summed E-state index contributed by atoms with van der Waals surface area (Å²) >= 11 is 11.6. The van der Waals surface area contributed by atoms with Gasteiger partial charge in [0.1, 0.15) is 5.75 Å². The van der Waals surface area contributed by atoms with E-state index in [2.05, 4.69) is 5.32 Å². The highest BCUT2D eigenvalue weighted by molar-refractivity contribution is 6.30. The molecule has 0 spiro atoms. The van der Waals surface area contributed by atoms with Crippen LogP contribution in [-0.4, -0.2) is 12.5 Å². The van der Waals surface area contributed by atoms with Crippen LogP contribution >= 0.6 is 23.2 Å². The van der Waals surface area contributed by atoms with E-state index >= 15 is 0 Å². The Kier molecular flexibility index (Phi) is 6.56. The third-order valence-corrected chi connectivity index (χ3v) is 3.54. The van der Waals surface area contributed by atoms with Crippen molar-refractivity contribution in [2.45, 2.75) is 19.4 Å². The van der Waals surface area contributed by atoms with Crippen LogP contribution in [0, 0.1) is 0 Å². The maximum atomic E-state index is 11.7. The zero-order chi connectivity index (χ0) is 15.8. The van der Waals surface area contributed by atoms with Gasteiger partial charge in [0.25, 0.3) is 0 Å². The fourth-order valence-electron chi connectivity index (χ4n) is 1.84. The Morgan fingerprint density at radius 3 is 2.18 bits per heavy atom. The largest absolute Gasteiger partial charge is 0.494 e. The van der Waals surface area contributed by atoms with Crippen molar-refractivity contribution in [1.82, 2.24) is 5.32 Å². The zero-order valence-corrected chi connectivity index (χ0v) is 13.5. The normalized spacial score (nSPS) is 10.3. The lowest BCUT2D eigenvalue weighted by atomic mass is 10.2. The van der Waals surface area contributed by atoms with Crippen molar-refractivity contribution in [2.75, 3.05) is 6.61 Å². The minimum Gasteiger partial charge on any atom is -0.494 e. The van der Waals surface area contributed by atoms with Crippen LogP contribution in [0.4, 0.5) is 0 Å². The van der Waals surface area contributed by atoms with Crippen molar-refractivity contribution in [1.29, 1.82) is 0 Å². The summed E-state index contributed by atoms with van der Waals surface area (Å²) in [6.07, 6.45) is 1.09. The number of hydrogen-bond donors (Lipinski definition) is 1. The zero-order valence-electron chi connectivity index (χ0n) is 12.0. The molecule has 2 rings (SSSR count). The van der Waals surface area contributed by atoms with Crippen LogP contribution in [0.3, 0.4) is 0 Å². The number of amides is 1. The van der Waals surface area contributed by atoms with E-state index in [1.807, 2.05) is 36.4 Å². The van der Waals surface area contributed by atoms with Gasteiger partial charge in [-0.25, -0.2) is 0 Å². The molecule has 22 heavy (non-hydrogen) atoms. The van der Waals surface area contributed by atoms with Crippen molar-refractivity contribution in [3.05, 3.63) is 64.1 Å². The van der Waals surface area contributed by atoms with Gasteiger partial charge in [0, 0.05) is 23.0 Å². The van der Waals surface area contributed by atoms with Crippen LogP contribution in [0.2, 0.25) is 10.0 Å². The van der Waals surface area contributed by atoms with E-state index in [1.165, 1.54) is 0 Å². The molecule has 0 aliphatic heterocycles. The smallest absolute Gasteiger partial charge is 0.220 e. The first-order valence-electron chi connectivity index (χ1n) is 7.03. The summed E-state index contributed by atoms with van der Waals surface area (Å²) < 4.78 is 5.53. The summed E-state index contributed by atoms with van der Waals surface area (Å²) in [5.74, 6) is 0.764. The topological polar surface area (TPSA) is 38.3 Å². The molecule has 2 aromatic carbocycles. The molecule has 0 radical (unpaired) electrons. The van der Waals surface area contributed by atoms with Gasteiger partial charge in [0.15, 0.2) is 0 Å². The van der Waals surface area contributed by atoms with Gasteiger partial charge < -0.3 is 10.1 Å². The fourth-order valence-corrected chi connectivity index (χ4v) is 2.10. The molecular formula is C17H17Cl2NO2. The first-order valence-corrected chi connectivity index (χ1v) is 7.78. The summed E-state index contributed by atoms with van der Waals surface area (Å²) in [6.45, 7) is 1.00.